The number of aromatic amines is 1. The van der Waals surface area contributed by atoms with E-state index in [0.29, 0.717) is 38.9 Å². The minimum atomic E-state index is -0.334. The van der Waals surface area contributed by atoms with Gasteiger partial charge in [0.25, 0.3) is 0 Å². The van der Waals surface area contributed by atoms with Crippen LogP contribution >= 0.6 is 23.2 Å². The highest BCUT2D eigenvalue weighted by atomic mass is 35.5. The van der Waals surface area contributed by atoms with Gasteiger partial charge in [-0.05, 0) is 42.0 Å². The summed E-state index contributed by atoms with van der Waals surface area (Å²) in [5, 5.41) is 10.9. The van der Waals surface area contributed by atoms with Crippen LogP contribution in [0.15, 0.2) is 65.6 Å². The number of aromatic nitrogens is 4. The minimum absolute atomic E-state index is 0.223. The zero-order chi connectivity index (χ0) is 23.2. The summed E-state index contributed by atoms with van der Waals surface area (Å²) in [6.07, 6.45) is 5.54. The molecule has 0 aliphatic heterocycles. The summed E-state index contributed by atoms with van der Waals surface area (Å²) in [6, 6.07) is 13.0. The molecule has 4 heterocycles. The number of pyridine rings is 2. The van der Waals surface area contributed by atoms with Crippen LogP contribution in [-0.2, 0) is 13.0 Å². The van der Waals surface area contributed by atoms with Gasteiger partial charge < -0.3 is 14.8 Å². The van der Waals surface area contributed by atoms with E-state index < -0.39 is 0 Å². The highest BCUT2D eigenvalue weighted by Crippen LogP contribution is 2.28. The van der Waals surface area contributed by atoms with Crippen LogP contribution < -0.4 is 5.32 Å². The van der Waals surface area contributed by atoms with Gasteiger partial charge in [-0.2, -0.15) is 0 Å². The summed E-state index contributed by atoms with van der Waals surface area (Å²) in [7, 11) is 0. The quantitative estimate of drug-likeness (QED) is 0.274. The van der Waals surface area contributed by atoms with Crippen LogP contribution in [0.2, 0.25) is 10.0 Å². The maximum Gasteiger partial charge on any atom is 0.187 e. The van der Waals surface area contributed by atoms with E-state index in [-0.39, 0.29) is 12.4 Å². The summed E-state index contributed by atoms with van der Waals surface area (Å²) >= 11 is 12.3. The number of hydrogen-bond acceptors (Lipinski definition) is 5. The van der Waals surface area contributed by atoms with Crippen molar-refractivity contribution in [3.05, 3.63) is 93.7 Å². The molecule has 2 N–H and O–H groups in total. The number of anilines is 1. The van der Waals surface area contributed by atoms with E-state index in [4.69, 9.17) is 27.7 Å². The number of fused-ring (bicyclic) bond motifs is 3. The Bertz CT molecular complexity index is 1690. The van der Waals surface area contributed by atoms with Gasteiger partial charge in [-0.15, -0.1) is 0 Å². The molecule has 9 heteroatoms. The third kappa shape index (κ3) is 3.83. The molecule has 6 aromatic rings. The summed E-state index contributed by atoms with van der Waals surface area (Å²) in [4.78, 5) is 11.8. The van der Waals surface area contributed by atoms with Crippen LogP contribution in [0, 0.1) is 5.82 Å². The summed E-state index contributed by atoms with van der Waals surface area (Å²) in [5.41, 5.74) is 4.48. The van der Waals surface area contributed by atoms with Gasteiger partial charge in [-0.25, -0.2) is 4.39 Å². The number of nitrogens with zero attached hydrogens (tertiary/aromatic N) is 3. The third-order valence-electron chi connectivity index (χ3n) is 5.76. The van der Waals surface area contributed by atoms with Crippen molar-refractivity contribution in [1.82, 2.24) is 20.1 Å². The Morgan fingerprint density at radius 3 is 2.82 bits per heavy atom. The molecule has 4 aromatic heterocycles. The van der Waals surface area contributed by atoms with Crippen LogP contribution in [0.25, 0.3) is 32.8 Å². The van der Waals surface area contributed by atoms with Crippen LogP contribution in [0.1, 0.15) is 16.8 Å². The van der Waals surface area contributed by atoms with E-state index in [1.165, 1.54) is 6.07 Å². The van der Waals surface area contributed by atoms with E-state index >= 15 is 0 Å². The first kappa shape index (κ1) is 20.9. The molecule has 0 atom stereocenters. The SMILES string of the molecule is Fc1cc2[nH]cc(Cl)c2cc1CNc1noc2cnc(Cc3ccc4ncc(Cl)cc4c3)cc12. The number of hydrogen-bond donors (Lipinski definition) is 2. The van der Waals surface area contributed by atoms with E-state index in [2.05, 4.69) is 31.5 Å². The average Bonchev–Trinajstić information content (AvgIpc) is 3.40. The van der Waals surface area contributed by atoms with Gasteiger partial charge >= 0.3 is 0 Å². The van der Waals surface area contributed by atoms with Crippen molar-refractivity contribution in [2.24, 2.45) is 0 Å². The predicted molar refractivity (Wildman–Crippen MR) is 132 cm³/mol. The molecule has 0 bridgehead atoms. The van der Waals surface area contributed by atoms with E-state index in [1.54, 1.807) is 24.7 Å². The van der Waals surface area contributed by atoms with Crippen molar-refractivity contribution in [1.29, 1.82) is 0 Å². The van der Waals surface area contributed by atoms with Crippen molar-refractivity contribution >= 4 is 61.8 Å². The maximum atomic E-state index is 14.5. The second-order valence-electron chi connectivity index (χ2n) is 8.04. The largest absolute Gasteiger partial charge is 0.363 e. The lowest BCUT2D eigenvalue weighted by atomic mass is 10.1. The molecule has 0 aliphatic carbocycles. The molecule has 6 nitrogen and oxygen atoms in total. The van der Waals surface area contributed by atoms with Gasteiger partial charge in [-0.3, -0.25) is 9.97 Å². The Balaban J connectivity index is 1.26. The van der Waals surface area contributed by atoms with Gasteiger partial charge in [0.2, 0.25) is 0 Å². The molecule has 6 rings (SSSR count). The van der Waals surface area contributed by atoms with Crippen LogP contribution in [0.5, 0.6) is 0 Å². The van der Waals surface area contributed by atoms with Crippen molar-refractivity contribution in [2.45, 2.75) is 13.0 Å². The van der Waals surface area contributed by atoms with E-state index in [9.17, 15) is 4.39 Å². The first-order valence-electron chi connectivity index (χ1n) is 10.5. The Hall–Kier alpha value is -3.68. The average molecular weight is 492 g/mol. The lowest BCUT2D eigenvalue weighted by Gasteiger charge is -2.07. The molecular formula is C25H16Cl2FN5O. The summed E-state index contributed by atoms with van der Waals surface area (Å²) in [5.74, 6) is 0.187. The number of benzene rings is 2. The predicted octanol–water partition coefficient (Wildman–Crippen LogP) is 6.90. The Labute approximate surface area is 202 Å². The lowest BCUT2D eigenvalue weighted by Crippen LogP contribution is -2.02. The van der Waals surface area contributed by atoms with Crippen molar-refractivity contribution in [2.75, 3.05) is 5.32 Å². The second-order valence-corrected chi connectivity index (χ2v) is 8.88. The molecule has 0 aliphatic rings. The highest BCUT2D eigenvalue weighted by Gasteiger charge is 2.13. The summed E-state index contributed by atoms with van der Waals surface area (Å²) in [6.45, 7) is 0.223. The fourth-order valence-electron chi connectivity index (χ4n) is 4.05. The topological polar surface area (TPSA) is 79.6 Å². The Morgan fingerprint density at radius 1 is 1.00 bits per heavy atom. The van der Waals surface area contributed by atoms with Crippen molar-refractivity contribution < 1.29 is 8.91 Å². The molecule has 0 saturated carbocycles. The van der Waals surface area contributed by atoms with Gasteiger partial charge in [0, 0.05) is 52.9 Å². The second kappa shape index (κ2) is 8.27. The van der Waals surface area contributed by atoms with Gasteiger partial charge in [-0.1, -0.05) is 34.4 Å². The Kier molecular flexibility index (Phi) is 5.08. The monoisotopic (exact) mass is 491 g/mol. The molecule has 0 radical (unpaired) electrons. The molecule has 0 spiro atoms. The highest BCUT2D eigenvalue weighted by molar-refractivity contribution is 6.35. The third-order valence-corrected chi connectivity index (χ3v) is 6.28. The molecule has 34 heavy (non-hydrogen) atoms. The van der Waals surface area contributed by atoms with Crippen LogP contribution in [0.4, 0.5) is 10.2 Å². The Morgan fingerprint density at radius 2 is 1.91 bits per heavy atom. The fourth-order valence-corrected chi connectivity index (χ4v) is 4.43. The van der Waals surface area contributed by atoms with Gasteiger partial charge in [0.1, 0.15) is 5.82 Å². The van der Waals surface area contributed by atoms with Crippen LogP contribution in [-0.4, -0.2) is 20.1 Å². The van der Waals surface area contributed by atoms with Gasteiger partial charge in [0.05, 0.1) is 27.1 Å². The van der Waals surface area contributed by atoms with Crippen molar-refractivity contribution in [3.63, 3.8) is 0 Å². The van der Waals surface area contributed by atoms with Crippen molar-refractivity contribution in [3.8, 4) is 0 Å². The first-order chi connectivity index (χ1) is 16.5. The normalized spacial score (nSPS) is 11.6. The molecule has 0 saturated heterocycles. The molecule has 0 fully saturated rings. The molecular weight excluding hydrogens is 476 g/mol. The van der Waals surface area contributed by atoms with E-state index in [0.717, 1.165) is 32.9 Å². The minimum Gasteiger partial charge on any atom is -0.363 e. The molecule has 2 aromatic carbocycles. The number of nitrogens with one attached hydrogen (secondary N) is 2. The molecule has 0 unspecified atom stereocenters. The zero-order valence-electron chi connectivity index (χ0n) is 17.6. The molecule has 0 amide bonds. The standard InChI is InChI=1S/C25H16Cl2FN5O/c26-16-5-14-3-13(1-2-22(14)30-10-16)4-17-7-19-24(12-29-17)34-33-25(19)32-9-15-6-18-20(27)11-31-23(18)8-21(15)28/h1-3,5-8,10-12,31H,4,9H2,(H,32,33). The number of halogens is 3. The van der Waals surface area contributed by atoms with E-state index in [1.807, 2.05) is 24.3 Å². The number of rotatable bonds is 5. The number of H-pyrrole nitrogens is 1. The van der Waals surface area contributed by atoms with Crippen LogP contribution in [0.3, 0.4) is 0 Å². The zero-order valence-corrected chi connectivity index (χ0v) is 19.1. The fraction of sp³-hybridized carbons (Fsp3) is 0.0800. The smallest absolute Gasteiger partial charge is 0.187 e. The first-order valence-corrected chi connectivity index (χ1v) is 11.3. The van der Waals surface area contributed by atoms with Gasteiger partial charge in [0.15, 0.2) is 11.4 Å². The maximum absolute atomic E-state index is 14.5. The lowest BCUT2D eigenvalue weighted by molar-refractivity contribution is 0.458. The summed E-state index contributed by atoms with van der Waals surface area (Å²) < 4.78 is 19.9. The molecule has 168 valence electrons.